The molecule has 0 bridgehead atoms. The molecule has 2 fully saturated rings. The van der Waals surface area contributed by atoms with Gasteiger partial charge in [-0.05, 0) is 55.7 Å². The number of nitrogens with zero attached hydrogens (tertiary/aromatic N) is 4. The summed E-state index contributed by atoms with van der Waals surface area (Å²) in [6, 6.07) is 10.8. The van der Waals surface area contributed by atoms with Crippen molar-refractivity contribution in [2.75, 3.05) is 57.2 Å². The minimum absolute atomic E-state index is 0.00718. The highest BCUT2D eigenvalue weighted by Gasteiger charge is 2.56. The number of rotatable bonds is 12. The first-order valence-electron chi connectivity index (χ1n) is 14.8. The van der Waals surface area contributed by atoms with E-state index in [1.165, 1.54) is 49.8 Å². The van der Waals surface area contributed by atoms with Crippen molar-refractivity contribution in [1.29, 1.82) is 0 Å². The lowest BCUT2D eigenvalue weighted by Gasteiger charge is -2.26. The fourth-order valence-electron chi connectivity index (χ4n) is 5.03. The maximum absolute atomic E-state index is 15.2. The fourth-order valence-corrected chi connectivity index (χ4v) is 5.03. The number of pyridine rings is 1. The van der Waals surface area contributed by atoms with Crippen LogP contribution in [0.4, 0.5) is 20.2 Å². The Morgan fingerprint density at radius 2 is 1.65 bits per heavy atom. The van der Waals surface area contributed by atoms with Crippen molar-refractivity contribution in [3.8, 4) is 23.3 Å². The summed E-state index contributed by atoms with van der Waals surface area (Å²) in [6.45, 7) is 4.60. The van der Waals surface area contributed by atoms with Crippen LogP contribution >= 0.6 is 0 Å². The molecule has 2 aromatic carbocycles. The van der Waals surface area contributed by atoms with Gasteiger partial charge in [0, 0.05) is 43.1 Å². The van der Waals surface area contributed by atoms with E-state index in [1.807, 2.05) is 0 Å². The zero-order valence-electron chi connectivity index (χ0n) is 25.1. The van der Waals surface area contributed by atoms with E-state index >= 15 is 4.39 Å². The molecule has 4 aromatic rings. The number of nitrogens with one attached hydrogen (secondary N) is 2. The standard InChI is InChI=1S/C32H32F2N6O6/c1-43-28-26(45-14-2-11-40-12-15-44-16-13-40)18-24-27(39-28)29(36-19-35-24)46-25-8-7-22(17-23(25)34)38-31(42)32(9-10-32)30(41)37-21-5-3-20(33)4-6-21/h3-8,17-19H,2,9-16H2,1H3,(H,37,41)(H,38,42). The van der Waals surface area contributed by atoms with E-state index < -0.39 is 28.9 Å². The summed E-state index contributed by atoms with van der Waals surface area (Å²) in [6.07, 6.45) is 2.73. The molecule has 0 radical (unpaired) electrons. The van der Waals surface area contributed by atoms with Gasteiger partial charge in [0.2, 0.25) is 17.7 Å². The number of hydrogen-bond donors (Lipinski definition) is 2. The maximum Gasteiger partial charge on any atom is 0.257 e. The second-order valence-corrected chi connectivity index (χ2v) is 10.9. The molecule has 0 unspecified atom stereocenters. The summed E-state index contributed by atoms with van der Waals surface area (Å²) >= 11 is 0. The lowest BCUT2D eigenvalue weighted by Crippen LogP contribution is -2.37. The smallest absolute Gasteiger partial charge is 0.257 e. The van der Waals surface area contributed by atoms with Crippen molar-refractivity contribution in [1.82, 2.24) is 19.9 Å². The van der Waals surface area contributed by atoms with Gasteiger partial charge in [0.15, 0.2) is 22.8 Å². The van der Waals surface area contributed by atoms with Crippen molar-refractivity contribution >= 4 is 34.2 Å². The molecular weight excluding hydrogens is 602 g/mol. The number of fused-ring (bicyclic) bond motifs is 1. The van der Waals surface area contributed by atoms with Crippen molar-refractivity contribution in [3.63, 3.8) is 0 Å². The first kappa shape index (κ1) is 31.0. The highest BCUT2D eigenvalue weighted by Crippen LogP contribution is 2.47. The molecule has 46 heavy (non-hydrogen) atoms. The molecule has 0 atom stereocenters. The van der Waals surface area contributed by atoms with E-state index in [4.69, 9.17) is 18.9 Å². The molecule has 2 amide bonds. The molecule has 1 aliphatic carbocycles. The third-order valence-corrected chi connectivity index (χ3v) is 7.80. The normalized spacial score (nSPS) is 15.6. The molecule has 12 nitrogen and oxygen atoms in total. The molecule has 240 valence electrons. The Kier molecular flexibility index (Phi) is 9.17. The van der Waals surface area contributed by atoms with Crippen LogP contribution in [-0.2, 0) is 14.3 Å². The van der Waals surface area contributed by atoms with Crippen LogP contribution in [0, 0.1) is 17.0 Å². The molecule has 6 rings (SSSR count). The lowest BCUT2D eigenvalue weighted by atomic mass is 10.0. The van der Waals surface area contributed by atoms with Crippen LogP contribution in [0.5, 0.6) is 23.3 Å². The van der Waals surface area contributed by atoms with Gasteiger partial charge >= 0.3 is 0 Å². The van der Waals surface area contributed by atoms with E-state index in [9.17, 15) is 14.0 Å². The number of carbonyl (C=O) groups excluding carboxylic acids is 2. The number of benzene rings is 2. The molecule has 2 aliphatic rings. The first-order chi connectivity index (χ1) is 22.3. The fraction of sp³-hybridized carbons (Fsp3) is 0.344. The number of amides is 2. The number of anilines is 2. The second-order valence-electron chi connectivity index (χ2n) is 10.9. The van der Waals surface area contributed by atoms with Gasteiger partial charge in [-0.15, -0.1) is 0 Å². The molecule has 3 heterocycles. The molecule has 2 N–H and O–H groups in total. The predicted octanol–water partition coefficient (Wildman–Crippen LogP) is 4.56. The number of carbonyl (C=O) groups is 2. The largest absolute Gasteiger partial charge is 0.488 e. The van der Waals surface area contributed by atoms with Crippen molar-refractivity contribution in [2.45, 2.75) is 19.3 Å². The molecule has 1 saturated heterocycles. The van der Waals surface area contributed by atoms with Crippen LogP contribution in [0.1, 0.15) is 19.3 Å². The summed E-state index contributed by atoms with van der Waals surface area (Å²) in [4.78, 5) is 41.0. The Hall–Kier alpha value is -4.95. The SMILES string of the molecule is COc1nc2c(Oc3ccc(NC(=O)C4(C(=O)Nc5ccc(F)cc5)CC4)cc3F)ncnc2cc1OCCCN1CCOCC1. The molecule has 1 saturated carbocycles. The van der Waals surface area contributed by atoms with Gasteiger partial charge in [0.05, 0.1) is 26.9 Å². The molecular formula is C32H32F2N6O6. The zero-order chi connectivity index (χ0) is 32.1. The number of aromatic nitrogens is 3. The topological polar surface area (TPSA) is 137 Å². The third kappa shape index (κ3) is 6.97. The van der Waals surface area contributed by atoms with E-state index in [1.54, 1.807) is 6.07 Å². The quantitative estimate of drug-likeness (QED) is 0.169. The van der Waals surface area contributed by atoms with Gasteiger partial charge < -0.3 is 29.6 Å². The predicted molar refractivity (Wildman–Crippen MR) is 163 cm³/mol. The molecule has 1 aliphatic heterocycles. The Balaban J connectivity index is 1.10. The highest BCUT2D eigenvalue weighted by atomic mass is 19.1. The lowest BCUT2D eigenvalue weighted by molar-refractivity contribution is -0.131. The minimum Gasteiger partial charge on any atom is -0.488 e. The van der Waals surface area contributed by atoms with Crippen LogP contribution in [0.25, 0.3) is 11.0 Å². The molecule has 2 aromatic heterocycles. The number of ether oxygens (including phenoxy) is 4. The van der Waals surface area contributed by atoms with Crippen LogP contribution in [0.15, 0.2) is 54.9 Å². The van der Waals surface area contributed by atoms with Gasteiger partial charge in [0.1, 0.15) is 23.1 Å². The van der Waals surface area contributed by atoms with Crippen LogP contribution in [-0.4, -0.2) is 78.2 Å². The van der Waals surface area contributed by atoms with E-state index in [0.717, 1.165) is 45.3 Å². The number of methoxy groups -OCH3 is 1. The highest BCUT2D eigenvalue weighted by molar-refractivity contribution is 6.16. The van der Waals surface area contributed by atoms with Gasteiger partial charge in [-0.2, -0.15) is 4.98 Å². The number of halogens is 2. The number of hydrogen-bond acceptors (Lipinski definition) is 10. The van der Waals surface area contributed by atoms with Gasteiger partial charge in [0.25, 0.3) is 5.88 Å². The van der Waals surface area contributed by atoms with Crippen molar-refractivity contribution in [2.24, 2.45) is 5.41 Å². The summed E-state index contributed by atoms with van der Waals surface area (Å²) in [5.74, 6) is -1.88. The Morgan fingerprint density at radius 3 is 2.35 bits per heavy atom. The van der Waals surface area contributed by atoms with Crippen molar-refractivity contribution < 1.29 is 37.3 Å². The maximum atomic E-state index is 15.2. The average Bonchev–Trinajstić information content (AvgIpc) is 3.88. The summed E-state index contributed by atoms with van der Waals surface area (Å²) in [5.41, 5.74) is -0.147. The monoisotopic (exact) mass is 634 g/mol. The van der Waals surface area contributed by atoms with Crippen molar-refractivity contribution in [3.05, 3.63) is 66.5 Å². The average molecular weight is 635 g/mol. The summed E-state index contributed by atoms with van der Waals surface area (Å²) in [5, 5.41) is 5.25. The molecule has 14 heteroatoms. The van der Waals surface area contributed by atoms with Crippen LogP contribution < -0.4 is 24.8 Å². The van der Waals surface area contributed by atoms with Crippen LogP contribution in [0.3, 0.4) is 0 Å². The summed E-state index contributed by atoms with van der Waals surface area (Å²) in [7, 11) is 1.46. The van der Waals surface area contributed by atoms with Gasteiger partial charge in [-0.1, -0.05) is 0 Å². The Bertz CT molecular complexity index is 1730. The first-order valence-corrected chi connectivity index (χ1v) is 14.8. The molecule has 0 spiro atoms. The van der Waals surface area contributed by atoms with E-state index in [2.05, 4.69) is 30.5 Å². The third-order valence-electron chi connectivity index (χ3n) is 7.80. The van der Waals surface area contributed by atoms with E-state index in [0.29, 0.717) is 36.4 Å². The Labute approximate surface area is 263 Å². The zero-order valence-corrected chi connectivity index (χ0v) is 25.1. The second kappa shape index (κ2) is 13.6. The van der Waals surface area contributed by atoms with Gasteiger partial charge in [-0.25, -0.2) is 18.7 Å². The summed E-state index contributed by atoms with van der Waals surface area (Å²) < 4.78 is 50.9. The minimum atomic E-state index is -1.30. The Morgan fingerprint density at radius 1 is 0.935 bits per heavy atom. The van der Waals surface area contributed by atoms with Gasteiger partial charge in [-0.3, -0.25) is 14.5 Å². The number of morpholine rings is 1. The van der Waals surface area contributed by atoms with Crippen LogP contribution in [0.2, 0.25) is 0 Å². The van der Waals surface area contributed by atoms with E-state index in [-0.39, 0.29) is 28.7 Å².